The van der Waals surface area contributed by atoms with Gasteiger partial charge in [0.05, 0.1) is 5.56 Å². The Morgan fingerprint density at radius 1 is 1.39 bits per heavy atom. The maximum atomic E-state index is 12.2. The molecule has 1 amide bonds. The number of carbonyl (C=O) groups is 2. The van der Waals surface area contributed by atoms with E-state index in [4.69, 9.17) is 5.11 Å². The summed E-state index contributed by atoms with van der Waals surface area (Å²) in [6, 6.07) is 0.432. The number of nitrogens with zero attached hydrogens (tertiary/aromatic N) is 1. The van der Waals surface area contributed by atoms with Crippen LogP contribution in [-0.4, -0.2) is 28.0 Å². The zero-order valence-electron chi connectivity index (χ0n) is 9.15. The van der Waals surface area contributed by atoms with Crippen LogP contribution in [-0.2, 0) is 11.0 Å². The Labute approximate surface area is 99.6 Å². The number of carbonyl (C=O) groups excluding carboxylic acids is 1. The molecule has 0 aliphatic carbocycles. The van der Waals surface area contributed by atoms with Crippen molar-refractivity contribution in [2.45, 2.75) is 19.1 Å². The molecule has 1 aromatic heterocycles. The molecular formula is C10H9F3N2O3. The van der Waals surface area contributed by atoms with Gasteiger partial charge in [0.15, 0.2) is 0 Å². The number of halogens is 3. The van der Waals surface area contributed by atoms with E-state index in [0.29, 0.717) is 12.3 Å². The number of carboxylic acids is 1. The van der Waals surface area contributed by atoms with Crippen LogP contribution in [0.15, 0.2) is 18.3 Å². The maximum absolute atomic E-state index is 12.2. The normalized spacial score (nSPS) is 12.9. The molecule has 1 atom stereocenters. The third-order valence-electron chi connectivity index (χ3n) is 2.04. The number of hydrogen-bond acceptors (Lipinski definition) is 3. The Morgan fingerprint density at radius 3 is 2.39 bits per heavy atom. The predicted octanol–water partition coefficient (Wildman–Crippen LogP) is 1.30. The molecule has 1 aromatic rings. The van der Waals surface area contributed by atoms with Gasteiger partial charge >= 0.3 is 12.1 Å². The molecule has 0 saturated heterocycles. The second kappa shape index (κ2) is 5.03. The fraction of sp³-hybridized carbons (Fsp3) is 0.300. The molecule has 0 saturated carbocycles. The molecule has 0 bridgehead atoms. The lowest BCUT2D eigenvalue weighted by Crippen LogP contribution is -2.38. The zero-order chi connectivity index (χ0) is 13.9. The summed E-state index contributed by atoms with van der Waals surface area (Å²) in [6.45, 7) is 1.23. The lowest BCUT2D eigenvalue weighted by Gasteiger charge is -2.09. The number of amides is 1. The van der Waals surface area contributed by atoms with Crippen molar-refractivity contribution in [1.29, 1.82) is 0 Å². The SMILES string of the molecule is C[C@H](NC(=O)c1ccc(C(F)(F)F)cn1)C(=O)O. The molecular weight excluding hydrogens is 253 g/mol. The van der Waals surface area contributed by atoms with Crippen molar-refractivity contribution in [3.63, 3.8) is 0 Å². The highest BCUT2D eigenvalue weighted by Gasteiger charge is 2.31. The minimum absolute atomic E-state index is 0.281. The van der Waals surface area contributed by atoms with E-state index in [1.54, 1.807) is 0 Å². The predicted molar refractivity (Wildman–Crippen MR) is 53.8 cm³/mol. The zero-order valence-corrected chi connectivity index (χ0v) is 9.15. The molecule has 0 aliphatic heterocycles. The van der Waals surface area contributed by atoms with Crippen LogP contribution in [0.4, 0.5) is 13.2 Å². The summed E-state index contributed by atoms with van der Waals surface area (Å²) < 4.78 is 36.7. The first-order valence-electron chi connectivity index (χ1n) is 4.78. The third kappa shape index (κ3) is 3.44. The second-order valence-corrected chi connectivity index (χ2v) is 3.46. The standard InChI is InChI=1S/C10H9F3N2O3/c1-5(9(17)18)15-8(16)7-3-2-6(4-14-7)10(11,12)13/h2-5H,1H3,(H,15,16)(H,17,18)/t5-/m0/s1. The number of pyridine rings is 1. The van der Waals surface area contributed by atoms with E-state index in [9.17, 15) is 22.8 Å². The van der Waals surface area contributed by atoms with Gasteiger partial charge in [-0.05, 0) is 19.1 Å². The van der Waals surface area contributed by atoms with E-state index in [0.717, 1.165) is 6.07 Å². The molecule has 18 heavy (non-hydrogen) atoms. The van der Waals surface area contributed by atoms with Crippen LogP contribution in [0.2, 0.25) is 0 Å². The van der Waals surface area contributed by atoms with Gasteiger partial charge in [-0.25, -0.2) is 0 Å². The molecule has 0 spiro atoms. The first kappa shape index (κ1) is 13.9. The Bertz CT molecular complexity index is 456. The van der Waals surface area contributed by atoms with Gasteiger partial charge in [-0.3, -0.25) is 14.6 Å². The van der Waals surface area contributed by atoms with E-state index in [1.165, 1.54) is 6.92 Å². The summed E-state index contributed by atoms with van der Waals surface area (Å²) in [6.07, 6.45) is -4.02. The van der Waals surface area contributed by atoms with Crippen molar-refractivity contribution in [2.75, 3.05) is 0 Å². The average Bonchev–Trinajstić information content (AvgIpc) is 2.27. The molecule has 98 valence electrons. The van der Waals surface area contributed by atoms with Crippen molar-refractivity contribution in [1.82, 2.24) is 10.3 Å². The van der Waals surface area contributed by atoms with Gasteiger partial charge in [-0.15, -0.1) is 0 Å². The van der Waals surface area contributed by atoms with E-state index in [2.05, 4.69) is 10.3 Å². The summed E-state index contributed by atoms with van der Waals surface area (Å²) in [7, 11) is 0. The molecule has 5 nitrogen and oxygen atoms in total. The van der Waals surface area contributed by atoms with Crippen molar-refractivity contribution >= 4 is 11.9 Å². The Balaban J connectivity index is 2.80. The van der Waals surface area contributed by atoms with Crippen LogP contribution >= 0.6 is 0 Å². The number of rotatable bonds is 3. The first-order valence-corrected chi connectivity index (χ1v) is 4.78. The topological polar surface area (TPSA) is 79.3 Å². The summed E-state index contributed by atoms with van der Waals surface area (Å²) in [5, 5.41) is 10.6. The van der Waals surface area contributed by atoms with E-state index < -0.39 is 29.7 Å². The number of hydrogen-bond donors (Lipinski definition) is 2. The molecule has 0 fully saturated rings. The van der Waals surface area contributed by atoms with Gasteiger partial charge in [-0.2, -0.15) is 13.2 Å². The van der Waals surface area contributed by atoms with E-state index in [-0.39, 0.29) is 5.69 Å². The van der Waals surface area contributed by atoms with Crippen molar-refractivity contribution in [2.24, 2.45) is 0 Å². The quantitative estimate of drug-likeness (QED) is 0.860. The lowest BCUT2D eigenvalue weighted by atomic mass is 10.2. The molecule has 0 aliphatic rings. The van der Waals surface area contributed by atoms with Crippen molar-refractivity contribution < 1.29 is 27.9 Å². The summed E-state index contributed by atoms with van der Waals surface area (Å²) in [5.41, 5.74) is -1.26. The highest BCUT2D eigenvalue weighted by atomic mass is 19.4. The van der Waals surface area contributed by atoms with Crippen LogP contribution in [0.25, 0.3) is 0 Å². The van der Waals surface area contributed by atoms with E-state index in [1.807, 2.05) is 0 Å². The van der Waals surface area contributed by atoms with Gasteiger partial charge in [0.25, 0.3) is 5.91 Å². The summed E-state index contributed by atoms with van der Waals surface area (Å²) in [4.78, 5) is 25.2. The third-order valence-corrected chi connectivity index (χ3v) is 2.04. The van der Waals surface area contributed by atoms with Crippen molar-refractivity contribution in [3.05, 3.63) is 29.6 Å². The van der Waals surface area contributed by atoms with Crippen LogP contribution in [0, 0.1) is 0 Å². The van der Waals surface area contributed by atoms with Gasteiger partial charge in [0.1, 0.15) is 11.7 Å². The smallest absolute Gasteiger partial charge is 0.417 e. The fourth-order valence-electron chi connectivity index (χ4n) is 1.03. The number of nitrogens with one attached hydrogen (secondary N) is 1. The number of carboxylic acid groups (broad SMARTS) is 1. The Morgan fingerprint density at radius 2 is 2.00 bits per heavy atom. The van der Waals surface area contributed by atoms with Gasteiger partial charge in [0, 0.05) is 6.20 Å². The van der Waals surface area contributed by atoms with Crippen LogP contribution in [0.3, 0.4) is 0 Å². The largest absolute Gasteiger partial charge is 0.480 e. The molecule has 0 radical (unpaired) electrons. The van der Waals surface area contributed by atoms with Crippen LogP contribution in [0.5, 0.6) is 0 Å². The van der Waals surface area contributed by atoms with E-state index >= 15 is 0 Å². The van der Waals surface area contributed by atoms with Gasteiger partial charge in [0.2, 0.25) is 0 Å². The highest BCUT2D eigenvalue weighted by molar-refractivity contribution is 5.94. The Kier molecular flexibility index (Phi) is 3.89. The van der Waals surface area contributed by atoms with Crippen LogP contribution < -0.4 is 5.32 Å². The fourth-order valence-corrected chi connectivity index (χ4v) is 1.03. The minimum atomic E-state index is -4.53. The average molecular weight is 262 g/mol. The molecule has 0 aromatic carbocycles. The molecule has 8 heteroatoms. The second-order valence-electron chi connectivity index (χ2n) is 3.46. The van der Waals surface area contributed by atoms with Gasteiger partial charge < -0.3 is 10.4 Å². The maximum Gasteiger partial charge on any atom is 0.417 e. The number of aromatic nitrogens is 1. The molecule has 0 unspecified atom stereocenters. The van der Waals surface area contributed by atoms with Gasteiger partial charge in [-0.1, -0.05) is 0 Å². The molecule has 2 N–H and O–H groups in total. The molecule has 1 rings (SSSR count). The number of alkyl halides is 3. The summed E-state index contributed by atoms with van der Waals surface area (Å²) in [5.74, 6) is -2.10. The minimum Gasteiger partial charge on any atom is -0.480 e. The Hall–Kier alpha value is -2.12. The summed E-state index contributed by atoms with van der Waals surface area (Å²) >= 11 is 0. The van der Waals surface area contributed by atoms with Crippen molar-refractivity contribution in [3.8, 4) is 0 Å². The highest BCUT2D eigenvalue weighted by Crippen LogP contribution is 2.28. The lowest BCUT2D eigenvalue weighted by molar-refractivity contribution is -0.139. The number of aliphatic carboxylic acids is 1. The van der Waals surface area contributed by atoms with Crippen LogP contribution in [0.1, 0.15) is 23.0 Å². The first-order chi connectivity index (χ1) is 8.21. The molecule has 1 heterocycles. The monoisotopic (exact) mass is 262 g/mol.